The molecular formula is C23H25ClFN5O3. The number of benzene rings is 2. The Kier molecular flexibility index (Phi) is 6.64. The van der Waals surface area contributed by atoms with Crippen molar-refractivity contribution in [2.45, 2.75) is 38.5 Å². The van der Waals surface area contributed by atoms with E-state index in [2.05, 4.69) is 10.7 Å². The molecule has 2 aliphatic heterocycles. The van der Waals surface area contributed by atoms with Crippen molar-refractivity contribution < 1.29 is 18.8 Å². The average molecular weight is 474 g/mol. The Labute approximate surface area is 196 Å². The van der Waals surface area contributed by atoms with Crippen LogP contribution in [0, 0.1) is 5.82 Å². The number of hydrogen-bond acceptors (Lipinski definition) is 5. The summed E-state index contributed by atoms with van der Waals surface area (Å²) in [6, 6.07) is 11.2. The van der Waals surface area contributed by atoms with E-state index in [-0.39, 0.29) is 30.1 Å². The van der Waals surface area contributed by atoms with Gasteiger partial charge in [0.05, 0.1) is 17.6 Å². The van der Waals surface area contributed by atoms with Gasteiger partial charge >= 0.3 is 6.03 Å². The largest absolute Gasteiger partial charge is 0.327 e. The number of urea groups is 1. The quantitative estimate of drug-likeness (QED) is 0.674. The fourth-order valence-corrected chi connectivity index (χ4v) is 4.61. The first-order valence-electron chi connectivity index (χ1n) is 10.7. The van der Waals surface area contributed by atoms with Gasteiger partial charge in [-0.05, 0) is 30.7 Å². The third-order valence-electron chi connectivity index (χ3n) is 5.94. The second-order valence-corrected chi connectivity index (χ2v) is 8.54. The van der Waals surface area contributed by atoms with E-state index in [4.69, 9.17) is 11.6 Å². The number of anilines is 1. The normalized spacial score (nSPS) is 23.1. The van der Waals surface area contributed by atoms with Crippen molar-refractivity contribution in [1.82, 2.24) is 20.2 Å². The molecule has 2 fully saturated rings. The minimum absolute atomic E-state index is 0.110. The van der Waals surface area contributed by atoms with E-state index in [1.54, 1.807) is 0 Å². The smallest absolute Gasteiger partial charge is 0.324 e. The molecule has 3 atom stereocenters. The van der Waals surface area contributed by atoms with E-state index in [9.17, 15) is 18.8 Å². The Hall–Kier alpha value is -3.01. The summed E-state index contributed by atoms with van der Waals surface area (Å²) in [5, 5.41) is 4.35. The second kappa shape index (κ2) is 9.46. The number of nitrogens with zero attached hydrogens (tertiary/aromatic N) is 3. The van der Waals surface area contributed by atoms with Crippen LogP contribution < -0.4 is 10.7 Å². The highest BCUT2D eigenvalue weighted by molar-refractivity contribution is 6.31. The summed E-state index contributed by atoms with van der Waals surface area (Å²) in [5.74, 6) is -1.36. The molecule has 0 spiro atoms. The van der Waals surface area contributed by atoms with E-state index in [0.29, 0.717) is 12.2 Å². The van der Waals surface area contributed by atoms with Crippen LogP contribution in [0.2, 0.25) is 5.02 Å². The zero-order valence-electron chi connectivity index (χ0n) is 18.3. The number of amides is 4. The number of hydrazine groups is 1. The number of nitrogens with one attached hydrogen (secondary N) is 2. The minimum atomic E-state index is -0.612. The molecule has 0 radical (unpaired) electrons. The van der Waals surface area contributed by atoms with E-state index in [0.717, 1.165) is 11.6 Å². The molecule has 33 heavy (non-hydrogen) atoms. The summed E-state index contributed by atoms with van der Waals surface area (Å²) in [6.45, 7) is 4.20. The number of hydrogen-bond donors (Lipinski definition) is 2. The number of carbonyl (C=O) groups is 3. The van der Waals surface area contributed by atoms with Crippen molar-refractivity contribution in [2.75, 3.05) is 18.4 Å². The molecule has 2 aromatic rings. The maximum atomic E-state index is 13.4. The highest BCUT2D eigenvalue weighted by atomic mass is 35.5. The Balaban J connectivity index is 1.59. The maximum absolute atomic E-state index is 13.4. The fraction of sp³-hybridized carbons (Fsp3) is 0.348. The monoisotopic (exact) mass is 473 g/mol. The number of carbonyl (C=O) groups excluding carboxylic acids is 3. The topological polar surface area (TPSA) is 85.0 Å². The van der Waals surface area contributed by atoms with Crippen LogP contribution in [-0.4, -0.2) is 63.9 Å². The molecule has 2 heterocycles. The third kappa shape index (κ3) is 4.57. The van der Waals surface area contributed by atoms with Gasteiger partial charge in [0.15, 0.2) is 0 Å². The molecular weight excluding hydrogens is 449 g/mol. The maximum Gasteiger partial charge on any atom is 0.327 e. The molecule has 2 aliphatic rings. The van der Waals surface area contributed by atoms with Gasteiger partial charge < -0.3 is 10.2 Å². The van der Waals surface area contributed by atoms with Crippen molar-refractivity contribution >= 4 is 35.1 Å². The van der Waals surface area contributed by atoms with Crippen LogP contribution in [0.15, 0.2) is 48.5 Å². The lowest BCUT2D eigenvalue weighted by molar-refractivity contribution is -0.140. The predicted octanol–water partition coefficient (Wildman–Crippen LogP) is 2.85. The Morgan fingerprint density at radius 1 is 1.18 bits per heavy atom. The Bertz CT molecular complexity index is 1070. The zero-order valence-corrected chi connectivity index (χ0v) is 19.1. The van der Waals surface area contributed by atoms with E-state index < -0.39 is 29.8 Å². The summed E-state index contributed by atoms with van der Waals surface area (Å²) >= 11 is 5.80. The summed E-state index contributed by atoms with van der Waals surface area (Å²) in [6.07, 6.45) is 0. The van der Waals surface area contributed by atoms with Gasteiger partial charge in [0, 0.05) is 18.3 Å². The van der Waals surface area contributed by atoms with Gasteiger partial charge in [0.1, 0.15) is 18.4 Å². The molecule has 2 saturated heterocycles. The first-order valence-corrected chi connectivity index (χ1v) is 11.1. The van der Waals surface area contributed by atoms with Crippen molar-refractivity contribution in [2.24, 2.45) is 0 Å². The fourth-order valence-electron chi connectivity index (χ4n) is 4.43. The number of imide groups is 1. The molecule has 4 rings (SSSR count). The molecule has 2 N–H and O–H groups in total. The molecule has 8 nitrogen and oxygen atoms in total. The van der Waals surface area contributed by atoms with Gasteiger partial charge in [-0.25, -0.2) is 19.6 Å². The SMILES string of the molecule is CCN1NC(C)C2C1C(=O)N(Cc1ccccc1)C(=O)N2CC(=O)Nc1ccc(F)c(Cl)c1. The summed E-state index contributed by atoms with van der Waals surface area (Å²) in [5.41, 5.74) is 4.38. The zero-order chi connectivity index (χ0) is 23.7. The molecule has 174 valence electrons. The Morgan fingerprint density at radius 2 is 1.91 bits per heavy atom. The predicted molar refractivity (Wildman–Crippen MR) is 122 cm³/mol. The lowest BCUT2D eigenvalue weighted by Gasteiger charge is -2.43. The first-order chi connectivity index (χ1) is 15.8. The van der Waals surface area contributed by atoms with Crippen molar-refractivity contribution in [3.8, 4) is 0 Å². The summed E-state index contributed by atoms with van der Waals surface area (Å²) < 4.78 is 13.4. The van der Waals surface area contributed by atoms with Crippen LogP contribution in [0.1, 0.15) is 19.4 Å². The van der Waals surface area contributed by atoms with Crippen molar-refractivity contribution in [1.29, 1.82) is 0 Å². The molecule has 0 aromatic heterocycles. The first kappa shape index (κ1) is 23.2. The van der Waals surface area contributed by atoms with E-state index in [1.165, 1.54) is 21.9 Å². The van der Waals surface area contributed by atoms with Crippen molar-refractivity contribution in [3.63, 3.8) is 0 Å². The highest BCUT2D eigenvalue weighted by Crippen LogP contribution is 2.30. The molecule has 2 aromatic carbocycles. The molecule has 0 saturated carbocycles. The molecule has 0 aliphatic carbocycles. The van der Waals surface area contributed by atoms with Gasteiger partial charge in [0.25, 0.3) is 5.91 Å². The number of halogens is 2. The lowest BCUT2D eigenvalue weighted by Crippen LogP contribution is -2.67. The minimum Gasteiger partial charge on any atom is -0.324 e. The molecule has 4 amide bonds. The summed E-state index contributed by atoms with van der Waals surface area (Å²) in [7, 11) is 0. The van der Waals surface area contributed by atoms with Gasteiger partial charge in [-0.1, -0.05) is 48.9 Å². The summed E-state index contributed by atoms with van der Waals surface area (Å²) in [4.78, 5) is 42.3. The molecule has 0 bridgehead atoms. The Morgan fingerprint density at radius 3 is 2.58 bits per heavy atom. The third-order valence-corrected chi connectivity index (χ3v) is 6.23. The standard InChI is InChI=1S/C23H25ClFN5O3/c1-3-30-21-20(14(2)27-30)28(13-19(31)26-16-9-10-18(25)17(24)11-16)23(33)29(22(21)32)12-15-7-5-4-6-8-15/h4-11,14,20-21,27H,3,12-13H2,1-2H3,(H,26,31). The van der Waals surface area contributed by atoms with Crippen LogP contribution >= 0.6 is 11.6 Å². The van der Waals surface area contributed by atoms with Gasteiger partial charge in [-0.15, -0.1) is 0 Å². The second-order valence-electron chi connectivity index (χ2n) is 8.14. The van der Waals surface area contributed by atoms with Crippen LogP contribution in [0.3, 0.4) is 0 Å². The molecule has 10 heteroatoms. The van der Waals surface area contributed by atoms with E-state index >= 15 is 0 Å². The van der Waals surface area contributed by atoms with Crippen LogP contribution in [0.25, 0.3) is 0 Å². The van der Waals surface area contributed by atoms with E-state index in [1.807, 2.05) is 49.2 Å². The van der Waals surface area contributed by atoms with Crippen LogP contribution in [0.5, 0.6) is 0 Å². The van der Waals surface area contributed by atoms with Gasteiger partial charge in [-0.3, -0.25) is 14.5 Å². The lowest BCUT2D eigenvalue weighted by atomic mass is 9.97. The van der Waals surface area contributed by atoms with Gasteiger partial charge in [0.2, 0.25) is 5.91 Å². The number of rotatable bonds is 6. The number of likely N-dealkylation sites (N-methyl/N-ethyl adjacent to an activating group) is 1. The average Bonchev–Trinajstić information content (AvgIpc) is 3.14. The highest BCUT2D eigenvalue weighted by Gasteiger charge is 2.54. The molecule has 3 unspecified atom stereocenters. The van der Waals surface area contributed by atoms with Crippen LogP contribution in [0.4, 0.5) is 14.9 Å². The van der Waals surface area contributed by atoms with Crippen molar-refractivity contribution in [3.05, 3.63) is 64.9 Å². The van der Waals surface area contributed by atoms with Gasteiger partial charge in [-0.2, -0.15) is 0 Å². The van der Waals surface area contributed by atoms with Crippen LogP contribution in [-0.2, 0) is 16.1 Å². The number of fused-ring (bicyclic) bond motifs is 1.